The van der Waals surface area contributed by atoms with Crippen molar-refractivity contribution in [3.05, 3.63) is 59.4 Å². The summed E-state index contributed by atoms with van der Waals surface area (Å²) in [5.41, 5.74) is 6.59. The number of anilines is 2. The Morgan fingerprint density at radius 2 is 1.98 bits per heavy atom. The van der Waals surface area contributed by atoms with E-state index in [1.165, 1.54) is 17.7 Å². The predicted octanol–water partition coefficient (Wildman–Crippen LogP) is 5.45. The van der Waals surface area contributed by atoms with E-state index in [1.54, 1.807) is 6.20 Å². The van der Waals surface area contributed by atoms with Crippen LogP contribution in [0.4, 0.5) is 11.5 Å². The van der Waals surface area contributed by atoms with Crippen molar-refractivity contribution in [1.29, 1.82) is 0 Å². The van der Waals surface area contributed by atoms with Crippen molar-refractivity contribution in [1.82, 2.24) is 20.1 Å². The summed E-state index contributed by atoms with van der Waals surface area (Å²) in [6, 6.07) is 13.2. The summed E-state index contributed by atoms with van der Waals surface area (Å²) in [4.78, 5) is 23.2. The number of carbonyl (C=O) groups is 1. The predicted molar refractivity (Wildman–Crippen MR) is 185 cm³/mol. The van der Waals surface area contributed by atoms with Crippen LogP contribution in [-0.2, 0) is 31.8 Å². The number of likely N-dealkylation sites (tertiary alicyclic amines) is 1. The molecule has 2 saturated heterocycles. The van der Waals surface area contributed by atoms with Gasteiger partial charge in [-0.05, 0) is 107 Å². The van der Waals surface area contributed by atoms with Crippen molar-refractivity contribution >= 4 is 17.5 Å². The van der Waals surface area contributed by atoms with E-state index >= 15 is 0 Å². The third-order valence-corrected chi connectivity index (χ3v) is 9.50. The zero-order valence-electron chi connectivity index (χ0n) is 28.4. The van der Waals surface area contributed by atoms with E-state index in [0.29, 0.717) is 32.2 Å². The molecule has 2 atom stereocenters. The standard InChI is InChI=1S/C37H52N6O4/c1-37(2,3)47-20-19-46-35(44)24-31(29-21-30(34-10-13-39-41-34)23-33(22-29)43-15-17-45-18-16-43)26-42-14-11-27(25-42)6-8-32-9-7-28-5-4-12-38-36(28)40-32/h7,9-10,13,21-23,27,31H,4-6,8,11-12,14-20,24-26H2,1-3H3,(H,38,40)(H,39,41). The molecule has 0 radical (unpaired) electrons. The Hall–Kier alpha value is -3.47. The van der Waals surface area contributed by atoms with E-state index in [4.69, 9.17) is 19.2 Å². The molecule has 0 saturated carbocycles. The molecule has 3 aliphatic heterocycles. The van der Waals surface area contributed by atoms with Crippen LogP contribution in [0.2, 0.25) is 0 Å². The number of carbonyl (C=O) groups excluding carboxylic acids is 1. The Morgan fingerprint density at radius 1 is 1.11 bits per heavy atom. The second-order valence-electron chi connectivity index (χ2n) is 14.3. The quantitative estimate of drug-likeness (QED) is 0.186. The Kier molecular flexibility index (Phi) is 11.1. The first kappa shape index (κ1) is 33.4. The van der Waals surface area contributed by atoms with Gasteiger partial charge in [-0.15, -0.1) is 0 Å². The van der Waals surface area contributed by atoms with Crippen molar-refractivity contribution in [2.45, 2.75) is 70.8 Å². The maximum Gasteiger partial charge on any atom is 0.306 e. The van der Waals surface area contributed by atoms with Gasteiger partial charge < -0.3 is 29.3 Å². The molecule has 10 nitrogen and oxygen atoms in total. The number of morpholine rings is 1. The lowest BCUT2D eigenvalue weighted by atomic mass is 9.92. The van der Waals surface area contributed by atoms with Gasteiger partial charge in [0.15, 0.2) is 0 Å². The summed E-state index contributed by atoms with van der Waals surface area (Å²) in [5, 5.41) is 10.8. The Morgan fingerprint density at radius 3 is 2.79 bits per heavy atom. The molecule has 47 heavy (non-hydrogen) atoms. The van der Waals surface area contributed by atoms with Crippen LogP contribution < -0.4 is 10.2 Å². The van der Waals surface area contributed by atoms with Crippen LogP contribution in [0.3, 0.4) is 0 Å². The lowest BCUT2D eigenvalue weighted by molar-refractivity contribution is -0.147. The number of aromatic nitrogens is 3. The number of fused-ring (bicyclic) bond motifs is 1. The number of pyridine rings is 1. The number of benzene rings is 1. The fourth-order valence-corrected chi connectivity index (χ4v) is 6.98. The molecule has 254 valence electrons. The van der Waals surface area contributed by atoms with Gasteiger partial charge >= 0.3 is 5.97 Å². The van der Waals surface area contributed by atoms with E-state index in [-0.39, 0.29) is 24.1 Å². The van der Waals surface area contributed by atoms with Crippen molar-refractivity contribution in [3.63, 3.8) is 0 Å². The minimum atomic E-state index is -0.267. The number of hydrogen-bond acceptors (Lipinski definition) is 9. The van der Waals surface area contributed by atoms with Crippen LogP contribution in [-0.4, -0.2) is 97.3 Å². The molecule has 2 aromatic heterocycles. The molecule has 3 aromatic rings. The first-order valence-corrected chi connectivity index (χ1v) is 17.5. The molecule has 5 heterocycles. The third-order valence-electron chi connectivity index (χ3n) is 9.50. The summed E-state index contributed by atoms with van der Waals surface area (Å²) < 4.78 is 17.2. The number of aromatic amines is 1. The van der Waals surface area contributed by atoms with Gasteiger partial charge in [0.05, 0.1) is 37.5 Å². The summed E-state index contributed by atoms with van der Waals surface area (Å²) in [5.74, 6) is 1.49. The van der Waals surface area contributed by atoms with Crippen LogP contribution in [0.15, 0.2) is 42.6 Å². The van der Waals surface area contributed by atoms with Gasteiger partial charge in [-0.25, -0.2) is 4.98 Å². The van der Waals surface area contributed by atoms with Crippen molar-refractivity contribution in [2.75, 3.05) is 75.9 Å². The number of aryl methyl sites for hydroxylation is 2. The lowest BCUT2D eigenvalue weighted by Gasteiger charge is -2.31. The SMILES string of the molecule is CC(C)(C)OCCOC(=O)CC(CN1CCC(CCc2ccc3c(n2)NCCC3)C1)c1cc(-c2ccn[nH]2)cc(N2CCOCC2)c1. The number of ether oxygens (including phenoxy) is 3. The Labute approximate surface area is 279 Å². The minimum absolute atomic E-state index is 0.0131. The highest BCUT2D eigenvalue weighted by atomic mass is 16.6. The molecule has 2 unspecified atom stereocenters. The zero-order chi connectivity index (χ0) is 32.6. The molecule has 2 fully saturated rings. The number of nitrogens with one attached hydrogen (secondary N) is 2. The molecule has 6 rings (SSSR count). The number of nitrogens with zero attached hydrogens (tertiary/aromatic N) is 4. The summed E-state index contributed by atoms with van der Waals surface area (Å²) in [6.45, 7) is 13.7. The molecular weight excluding hydrogens is 592 g/mol. The van der Waals surface area contributed by atoms with Crippen LogP contribution in [0.25, 0.3) is 11.3 Å². The highest BCUT2D eigenvalue weighted by Gasteiger charge is 2.28. The van der Waals surface area contributed by atoms with E-state index in [2.05, 4.69) is 55.6 Å². The topological polar surface area (TPSA) is 105 Å². The van der Waals surface area contributed by atoms with E-state index in [1.807, 2.05) is 26.8 Å². The van der Waals surface area contributed by atoms with Crippen LogP contribution in [0, 0.1) is 5.92 Å². The van der Waals surface area contributed by atoms with Crippen molar-refractivity contribution in [2.24, 2.45) is 5.92 Å². The summed E-state index contributed by atoms with van der Waals surface area (Å²) in [6.07, 6.45) is 7.68. The molecule has 0 aliphatic carbocycles. The smallest absolute Gasteiger partial charge is 0.306 e. The van der Waals surface area contributed by atoms with Crippen LogP contribution in [0.1, 0.15) is 69.2 Å². The van der Waals surface area contributed by atoms with Crippen molar-refractivity contribution in [3.8, 4) is 11.3 Å². The highest BCUT2D eigenvalue weighted by Crippen LogP contribution is 2.34. The second-order valence-corrected chi connectivity index (χ2v) is 14.3. The molecule has 10 heteroatoms. The van der Waals surface area contributed by atoms with Crippen LogP contribution >= 0.6 is 0 Å². The van der Waals surface area contributed by atoms with Gasteiger partial charge in [0, 0.05) is 61.8 Å². The number of esters is 1. The minimum Gasteiger partial charge on any atom is -0.463 e. The average Bonchev–Trinajstić information content (AvgIpc) is 3.78. The average molecular weight is 645 g/mol. The van der Waals surface area contributed by atoms with Crippen molar-refractivity contribution < 1.29 is 19.0 Å². The third kappa shape index (κ3) is 9.55. The largest absolute Gasteiger partial charge is 0.463 e. The lowest BCUT2D eigenvalue weighted by Crippen LogP contribution is -2.36. The number of hydrogen-bond donors (Lipinski definition) is 2. The van der Waals surface area contributed by atoms with Gasteiger partial charge in [0.2, 0.25) is 0 Å². The maximum absolute atomic E-state index is 13.3. The second kappa shape index (κ2) is 15.6. The fourth-order valence-electron chi connectivity index (χ4n) is 6.98. The van der Waals surface area contributed by atoms with E-state index in [9.17, 15) is 4.79 Å². The monoisotopic (exact) mass is 644 g/mol. The number of H-pyrrole nitrogens is 1. The molecule has 2 N–H and O–H groups in total. The molecular formula is C37H52N6O4. The Balaban J connectivity index is 1.15. The normalized spacial score (nSPS) is 19.3. The van der Waals surface area contributed by atoms with E-state index < -0.39 is 0 Å². The van der Waals surface area contributed by atoms with Gasteiger partial charge in [0.1, 0.15) is 12.4 Å². The Bertz CT molecular complexity index is 1450. The number of rotatable bonds is 13. The van der Waals surface area contributed by atoms with Gasteiger partial charge in [-0.2, -0.15) is 5.10 Å². The van der Waals surface area contributed by atoms with E-state index in [0.717, 1.165) is 93.3 Å². The fraction of sp³-hybridized carbons (Fsp3) is 0.595. The van der Waals surface area contributed by atoms with Gasteiger partial charge in [-0.3, -0.25) is 9.89 Å². The first-order chi connectivity index (χ1) is 22.8. The first-order valence-electron chi connectivity index (χ1n) is 17.5. The zero-order valence-corrected chi connectivity index (χ0v) is 28.4. The molecule has 3 aliphatic rings. The highest BCUT2D eigenvalue weighted by molar-refractivity contribution is 5.72. The molecule has 0 bridgehead atoms. The molecule has 0 amide bonds. The summed E-state index contributed by atoms with van der Waals surface area (Å²) in [7, 11) is 0. The summed E-state index contributed by atoms with van der Waals surface area (Å²) >= 11 is 0. The van der Waals surface area contributed by atoms with Crippen LogP contribution in [0.5, 0.6) is 0 Å². The maximum atomic E-state index is 13.3. The molecule has 1 aromatic carbocycles. The van der Waals surface area contributed by atoms with Gasteiger partial charge in [-0.1, -0.05) is 6.07 Å². The molecule has 0 spiro atoms. The van der Waals surface area contributed by atoms with Gasteiger partial charge in [0.25, 0.3) is 0 Å².